The average molecular weight is 191 g/mol. The molecule has 0 saturated carbocycles. The van der Waals surface area contributed by atoms with E-state index >= 15 is 0 Å². The van der Waals surface area contributed by atoms with Crippen molar-refractivity contribution in [3.8, 4) is 0 Å². The van der Waals surface area contributed by atoms with Crippen LogP contribution in [-0.4, -0.2) is 26.5 Å². The van der Waals surface area contributed by atoms with Crippen molar-refractivity contribution in [2.45, 2.75) is 6.10 Å². The number of anilines is 1. The summed E-state index contributed by atoms with van der Waals surface area (Å²) in [6, 6.07) is 7.86. The Balaban J connectivity index is 2.17. The summed E-state index contributed by atoms with van der Waals surface area (Å²) >= 11 is 0. The largest absolute Gasteiger partial charge is 0.378 e. The minimum Gasteiger partial charge on any atom is -0.378 e. The van der Waals surface area contributed by atoms with Crippen molar-refractivity contribution in [2.24, 2.45) is 0 Å². The van der Waals surface area contributed by atoms with Gasteiger partial charge in [0.1, 0.15) is 12.7 Å². The van der Waals surface area contributed by atoms with Crippen LogP contribution in [0.3, 0.4) is 0 Å². The molecule has 1 aromatic rings. The summed E-state index contributed by atoms with van der Waals surface area (Å²) in [4.78, 5) is 13.1. The number of carbonyl (C=O) groups is 1. The Bertz CT molecular complexity index is 343. The normalized spacial score (nSPS) is 20.4. The molecule has 0 bridgehead atoms. The molecule has 1 heterocycles. The van der Waals surface area contributed by atoms with Gasteiger partial charge in [0.15, 0.2) is 5.78 Å². The van der Waals surface area contributed by atoms with Gasteiger partial charge in [0.25, 0.3) is 0 Å². The summed E-state index contributed by atoms with van der Waals surface area (Å²) in [7, 11) is 3.97. The molecule has 0 N–H and O–H groups in total. The summed E-state index contributed by atoms with van der Waals surface area (Å²) in [5, 5.41) is 0. The van der Waals surface area contributed by atoms with Crippen LogP contribution in [0, 0.1) is 0 Å². The second kappa shape index (κ2) is 3.42. The van der Waals surface area contributed by atoms with Gasteiger partial charge in [-0.05, 0) is 17.7 Å². The van der Waals surface area contributed by atoms with Crippen molar-refractivity contribution in [3.05, 3.63) is 29.8 Å². The van der Waals surface area contributed by atoms with Gasteiger partial charge >= 0.3 is 0 Å². The van der Waals surface area contributed by atoms with E-state index in [0.717, 1.165) is 11.3 Å². The molecule has 0 spiro atoms. The molecule has 1 saturated heterocycles. The standard InChI is InChI=1S/C11H13NO2/c1-12(2)9-5-3-8(4-6-9)11-10(13)7-14-11/h3-6,11H,7H2,1-2H3. The van der Waals surface area contributed by atoms with Gasteiger partial charge in [-0.15, -0.1) is 0 Å². The summed E-state index contributed by atoms with van der Waals surface area (Å²) < 4.78 is 5.17. The van der Waals surface area contributed by atoms with E-state index in [-0.39, 0.29) is 18.5 Å². The molecular weight excluding hydrogens is 178 g/mol. The highest BCUT2D eigenvalue weighted by molar-refractivity contribution is 5.89. The van der Waals surface area contributed by atoms with Gasteiger partial charge in [-0.3, -0.25) is 4.79 Å². The minimum atomic E-state index is -0.314. The van der Waals surface area contributed by atoms with E-state index in [9.17, 15) is 4.79 Å². The Morgan fingerprint density at radius 2 is 1.93 bits per heavy atom. The van der Waals surface area contributed by atoms with Crippen LogP contribution >= 0.6 is 0 Å². The lowest BCUT2D eigenvalue weighted by Crippen LogP contribution is -2.32. The highest BCUT2D eigenvalue weighted by Gasteiger charge is 2.30. The molecule has 1 aromatic carbocycles. The first kappa shape index (κ1) is 9.21. The van der Waals surface area contributed by atoms with Crippen molar-refractivity contribution in [1.82, 2.24) is 0 Å². The Labute approximate surface area is 83.3 Å². The van der Waals surface area contributed by atoms with E-state index in [1.54, 1.807) is 0 Å². The van der Waals surface area contributed by atoms with Crippen molar-refractivity contribution in [1.29, 1.82) is 0 Å². The molecule has 14 heavy (non-hydrogen) atoms. The van der Waals surface area contributed by atoms with E-state index in [1.165, 1.54) is 0 Å². The van der Waals surface area contributed by atoms with Crippen molar-refractivity contribution in [2.75, 3.05) is 25.6 Å². The fraction of sp³-hybridized carbons (Fsp3) is 0.364. The Kier molecular flexibility index (Phi) is 2.25. The van der Waals surface area contributed by atoms with Crippen LogP contribution in [0.5, 0.6) is 0 Å². The maximum Gasteiger partial charge on any atom is 0.191 e. The maximum atomic E-state index is 11.1. The Morgan fingerprint density at radius 3 is 2.29 bits per heavy atom. The molecule has 1 unspecified atom stereocenters. The van der Waals surface area contributed by atoms with Gasteiger partial charge in [0, 0.05) is 19.8 Å². The molecule has 0 amide bonds. The first-order valence-corrected chi connectivity index (χ1v) is 4.60. The zero-order valence-electron chi connectivity index (χ0n) is 8.36. The molecule has 1 fully saturated rings. The number of rotatable bonds is 2. The molecule has 0 radical (unpaired) electrons. The lowest BCUT2D eigenvalue weighted by Gasteiger charge is -2.25. The average Bonchev–Trinajstić information content (AvgIpc) is 2.16. The van der Waals surface area contributed by atoms with E-state index in [0.29, 0.717) is 0 Å². The van der Waals surface area contributed by atoms with Gasteiger partial charge in [-0.2, -0.15) is 0 Å². The molecule has 0 aliphatic carbocycles. The lowest BCUT2D eigenvalue weighted by molar-refractivity contribution is -0.155. The van der Waals surface area contributed by atoms with Crippen LogP contribution < -0.4 is 4.90 Å². The van der Waals surface area contributed by atoms with Gasteiger partial charge in [0.05, 0.1) is 0 Å². The van der Waals surface area contributed by atoms with Crippen molar-refractivity contribution >= 4 is 11.5 Å². The van der Waals surface area contributed by atoms with Crippen molar-refractivity contribution in [3.63, 3.8) is 0 Å². The molecule has 3 heteroatoms. The van der Waals surface area contributed by atoms with E-state index in [2.05, 4.69) is 0 Å². The molecule has 1 atom stereocenters. The van der Waals surface area contributed by atoms with Crippen molar-refractivity contribution < 1.29 is 9.53 Å². The first-order valence-electron chi connectivity index (χ1n) is 4.60. The molecule has 0 aromatic heterocycles. The van der Waals surface area contributed by atoms with Gasteiger partial charge in [0.2, 0.25) is 0 Å². The smallest absolute Gasteiger partial charge is 0.191 e. The number of hydrogen-bond acceptors (Lipinski definition) is 3. The molecule has 3 nitrogen and oxygen atoms in total. The highest BCUT2D eigenvalue weighted by Crippen LogP contribution is 2.27. The number of ketones is 1. The van der Waals surface area contributed by atoms with E-state index in [4.69, 9.17) is 4.74 Å². The molecule has 1 aliphatic heterocycles. The highest BCUT2D eigenvalue weighted by atomic mass is 16.5. The summed E-state index contributed by atoms with van der Waals surface area (Å²) in [6.45, 7) is 0.264. The fourth-order valence-corrected chi connectivity index (χ4v) is 1.46. The Morgan fingerprint density at radius 1 is 1.29 bits per heavy atom. The number of Topliss-reactive ketones (excluding diaryl/α,β-unsaturated/α-hetero) is 1. The maximum absolute atomic E-state index is 11.1. The van der Waals surface area contributed by atoms with Crippen LogP contribution in [0.2, 0.25) is 0 Å². The predicted octanol–water partition coefficient (Wildman–Crippen LogP) is 1.39. The number of carbonyl (C=O) groups excluding carboxylic acids is 1. The van der Waals surface area contributed by atoms with Crippen LogP contribution in [0.1, 0.15) is 11.7 Å². The summed E-state index contributed by atoms with van der Waals surface area (Å²) in [5.41, 5.74) is 2.08. The zero-order chi connectivity index (χ0) is 10.1. The third-order valence-corrected chi connectivity index (χ3v) is 2.40. The molecule has 74 valence electrons. The SMILES string of the molecule is CN(C)c1ccc(C2OCC2=O)cc1. The number of nitrogens with zero attached hydrogens (tertiary/aromatic N) is 1. The molecule has 1 aliphatic rings. The van der Waals surface area contributed by atoms with Crippen LogP contribution in [0.4, 0.5) is 5.69 Å². The van der Waals surface area contributed by atoms with Gasteiger partial charge in [-0.1, -0.05) is 12.1 Å². The van der Waals surface area contributed by atoms with Gasteiger partial charge in [-0.25, -0.2) is 0 Å². The topological polar surface area (TPSA) is 29.5 Å². The monoisotopic (exact) mass is 191 g/mol. The number of benzene rings is 1. The quantitative estimate of drug-likeness (QED) is 0.707. The Hall–Kier alpha value is -1.35. The number of hydrogen-bond donors (Lipinski definition) is 0. The third kappa shape index (κ3) is 1.51. The predicted molar refractivity (Wildman–Crippen MR) is 54.5 cm³/mol. The third-order valence-electron chi connectivity index (χ3n) is 2.40. The molecule has 2 rings (SSSR count). The van der Waals surface area contributed by atoms with Crippen LogP contribution in [0.25, 0.3) is 0 Å². The summed E-state index contributed by atoms with van der Waals surface area (Å²) in [5.74, 6) is 0.169. The molecular formula is C11H13NO2. The van der Waals surface area contributed by atoms with E-state index < -0.39 is 0 Å². The summed E-state index contributed by atoms with van der Waals surface area (Å²) in [6.07, 6.45) is -0.314. The van der Waals surface area contributed by atoms with Gasteiger partial charge < -0.3 is 9.64 Å². The second-order valence-electron chi connectivity index (χ2n) is 3.64. The zero-order valence-corrected chi connectivity index (χ0v) is 8.36. The van der Waals surface area contributed by atoms with Crippen LogP contribution in [-0.2, 0) is 9.53 Å². The van der Waals surface area contributed by atoms with Crippen LogP contribution in [0.15, 0.2) is 24.3 Å². The lowest BCUT2D eigenvalue weighted by atomic mass is 10.0. The first-order chi connectivity index (χ1) is 6.68. The fourth-order valence-electron chi connectivity index (χ4n) is 1.46. The number of ether oxygens (including phenoxy) is 1. The second-order valence-corrected chi connectivity index (χ2v) is 3.64. The van der Waals surface area contributed by atoms with E-state index in [1.807, 2.05) is 43.3 Å². The minimum absolute atomic E-state index is 0.169.